The third kappa shape index (κ3) is 1.55. The number of hydrogen-bond acceptors (Lipinski definition) is 1. The zero-order chi connectivity index (χ0) is 13.0. The van der Waals surface area contributed by atoms with Gasteiger partial charge in [0.1, 0.15) is 5.69 Å². The highest BCUT2D eigenvalue weighted by molar-refractivity contribution is 5.45. The summed E-state index contributed by atoms with van der Waals surface area (Å²) < 4.78 is 63.8. The molecule has 0 unspecified atom stereocenters. The summed E-state index contributed by atoms with van der Waals surface area (Å²) in [6.45, 7) is 4.00. The molecule has 1 aromatic rings. The molecule has 0 aliphatic heterocycles. The molecule has 96 valence electrons. The molecule has 17 heavy (non-hydrogen) atoms. The Bertz CT molecular complexity index is 434. The van der Waals surface area contributed by atoms with Crippen LogP contribution in [0.15, 0.2) is 0 Å². The van der Waals surface area contributed by atoms with Crippen LogP contribution >= 0.6 is 0 Å². The Morgan fingerprint density at radius 2 is 1.88 bits per heavy atom. The smallest absolute Gasteiger partial charge is 0.276 e. The first-order valence-electron chi connectivity index (χ1n) is 5.37. The molecule has 1 N–H and O–H groups in total. The van der Waals surface area contributed by atoms with E-state index < -0.39 is 35.3 Å². The summed E-state index contributed by atoms with van der Waals surface area (Å²) in [5, 5.41) is 4.78. The lowest BCUT2D eigenvalue weighted by molar-refractivity contribution is -0.141. The summed E-state index contributed by atoms with van der Waals surface area (Å²) in [5.41, 5.74) is -2.14. The van der Waals surface area contributed by atoms with E-state index in [0.29, 0.717) is 0 Å². The number of hydrogen-bond donors (Lipinski definition) is 1. The minimum Gasteiger partial charge on any atom is -0.276 e. The molecule has 2 aliphatic carbocycles. The summed E-state index contributed by atoms with van der Waals surface area (Å²) in [6, 6.07) is 0. The molecule has 2 atom stereocenters. The Kier molecular flexibility index (Phi) is 2.48. The average molecular weight is 254 g/mol. The molecule has 0 radical (unpaired) electrons. The van der Waals surface area contributed by atoms with Crippen molar-refractivity contribution in [3.05, 3.63) is 17.0 Å². The number of aromatic amines is 1. The van der Waals surface area contributed by atoms with Crippen LogP contribution in [0.5, 0.6) is 0 Å². The molecule has 1 aromatic heterocycles. The third-order valence-electron chi connectivity index (χ3n) is 3.03. The average Bonchev–Trinajstić information content (AvgIpc) is 2.84. The first kappa shape index (κ1) is 12.3. The van der Waals surface area contributed by atoms with E-state index in [0.717, 1.165) is 0 Å². The standard InChI is InChI=1S/C8H5F5N2.C2H6/c9-7(10)3-1-2(3)4-5(7)14-15-6(4)8(11,12)13;1-2/h2-3H,1H2,(H,14,15);1-2H3/t2-,3+;/m0./s1. The predicted molar refractivity (Wildman–Crippen MR) is 49.7 cm³/mol. The Hall–Kier alpha value is -1.14. The monoisotopic (exact) mass is 254 g/mol. The van der Waals surface area contributed by atoms with Crippen LogP contribution in [0.25, 0.3) is 0 Å². The Balaban J connectivity index is 0.000000514. The lowest BCUT2D eigenvalue weighted by atomic mass is 10.1. The van der Waals surface area contributed by atoms with Gasteiger partial charge in [-0.2, -0.15) is 27.1 Å². The summed E-state index contributed by atoms with van der Waals surface area (Å²) in [7, 11) is 0. The van der Waals surface area contributed by atoms with Gasteiger partial charge in [-0.1, -0.05) is 13.8 Å². The molecule has 2 aliphatic rings. The quantitative estimate of drug-likeness (QED) is 0.703. The van der Waals surface area contributed by atoms with E-state index in [2.05, 4.69) is 5.10 Å². The van der Waals surface area contributed by atoms with Gasteiger partial charge in [-0.25, -0.2) is 0 Å². The highest BCUT2D eigenvalue weighted by Crippen LogP contribution is 2.67. The van der Waals surface area contributed by atoms with Crippen molar-refractivity contribution >= 4 is 0 Å². The molecule has 0 aromatic carbocycles. The molecule has 0 spiro atoms. The molecule has 2 nitrogen and oxygen atoms in total. The highest BCUT2D eigenvalue weighted by Gasteiger charge is 2.67. The van der Waals surface area contributed by atoms with Crippen molar-refractivity contribution in [2.45, 2.75) is 38.3 Å². The zero-order valence-electron chi connectivity index (χ0n) is 9.20. The van der Waals surface area contributed by atoms with Crippen molar-refractivity contribution < 1.29 is 22.0 Å². The van der Waals surface area contributed by atoms with Crippen LogP contribution < -0.4 is 0 Å². The van der Waals surface area contributed by atoms with Gasteiger partial charge in [-0.3, -0.25) is 5.10 Å². The number of H-pyrrole nitrogens is 1. The number of halogens is 5. The first-order chi connectivity index (χ1) is 7.83. The Labute approximate surface area is 94.2 Å². The second-order valence-corrected chi connectivity index (χ2v) is 3.93. The second kappa shape index (κ2) is 3.43. The molecular formula is C10H11F5N2. The van der Waals surface area contributed by atoms with Gasteiger partial charge in [0.25, 0.3) is 5.92 Å². The summed E-state index contributed by atoms with van der Waals surface area (Å²) in [6.07, 6.45) is -4.53. The van der Waals surface area contributed by atoms with Gasteiger partial charge in [0.2, 0.25) is 0 Å². The number of alkyl halides is 5. The fourth-order valence-electron chi connectivity index (χ4n) is 2.28. The molecule has 1 heterocycles. The number of nitrogens with zero attached hydrogens (tertiary/aromatic N) is 1. The van der Waals surface area contributed by atoms with E-state index in [1.165, 1.54) is 0 Å². The number of nitrogens with one attached hydrogen (secondary N) is 1. The molecule has 7 heteroatoms. The third-order valence-corrected chi connectivity index (χ3v) is 3.03. The number of fused-ring (bicyclic) bond motifs is 3. The van der Waals surface area contributed by atoms with Gasteiger partial charge in [0.15, 0.2) is 5.69 Å². The predicted octanol–water partition coefficient (Wildman–Crippen LogP) is 3.66. The number of rotatable bonds is 0. The number of aromatic nitrogens is 2. The largest absolute Gasteiger partial charge is 0.435 e. The Morgan fingerprint density at radius 3 is 2.41 bits per heavy atom. The van der Waals surface area contributed by atoms with Crippen LogP contribution in [0.4, 0.5) is 22.0 Å². The maximum atomic E-state index is 13.3. The van der Waals surface area contributed by atoms with Gasteiger partial charge in [-0.15, -0.1) is 0 Å². The molecule has 3 rings (SSSR count). The van der Waals surface area contributed by atoms with Crippen molar-refractivity contribution in [3.8, 4) is 0 Å². The van der Waals surface area contributed by atoms with E-state index in [1.54, 1.807) is 0 Å². The second-order valence-electron chi connectivity index (χ2n) is 3.93. The van der Waals surface area contributed by atoms with Gasteiger partial charge in [0, 0.05) is 11.5 Å². The van der Waals surface area contributed by atoms with Crippen LogP contribution in [0, 0.1) is 5.92 Å². The SMILES string of the molecule is CC.FC(F)(F)c1n[nH]c2c1[C@H]1C[C@H]1C2(F)F. The van der Waals surface area contributed by atoms with Crippen LogP contribution in [0.3, 0.4) is 0 Å². The van der Waals surface area contributed by atoms with E-state index in [9.17, 15) is 22.0 Å². The topological polar surface area (TPSA) is 28.7 Å². The lowest BCUT2D eigenvalue weighted by Crippen LogP contribution is -2.14. The van der Waals surface area contributed by atoms with E-state index in [1.807, 2.05) is 18.9 Å². The van der Waals surface area contributed by atoms with Crippen molar-refractivity contribution in [2.75, 3.05) is 0 Å². The highest BCUT2D eigenvalue weighted by atomic mass is 19.4. The minimum atomic E-state index is -4.66. The van der Waals surface area contributed by atoms with Gasteiger partial charge < -0.3 is 0 Å². The van der Waals surface area contributed by atoms with Crippen molar-refractivity contribution in [1.82, 2.24) is 10.2 Å². The summed E-state index contributed by atoms with van der Waals surface area (Å²) in [5.74, 6) is -4.79. The van der Waals surface area contributed by atoms with Crippen LogP contribution in [0.1, 0.15) is 43.1 Å². The maximum Gasteiger partial charge on any atom is 0.435 e. The minimum absolute atomic E-state index is 0.128. The molecular weight excluding hydrogens is 243 g/mol. The van der Waals surface area contributed by atoms with Gasteiger partial charge in [0.05, 0.1) is 0 Å². The lowest BCUT2D eigenvalue weighted by Gasteiger charge is -2.09. The fraction of sp³-hybridized carbons (Fsp3) is 0.700. The van der Waals surface area contributed by atoms with Crippen LogP contribution in [-0.2, 0) is 12.1 Å². The molecule has 0 saturated heterocycles. The van der Waals surface area contributed by atoms with E-state index in [-0.39, 0.29) is 12.0 Å². The summed E-state index contributed by atoms with van der Waals surface area (Å²) >= 11 is 0. The fourth-order valence-corrected chi connectivity index (χ4v) is 2.28. The normalized spacial score (nSPS) is 27.9. The molecule has 1 fully saturated rings. The summed E-state index contributed by atoms with van der Waals surface area (Å²) in [4.78, 5) is 0. The van der Waals surface area contributed by atoms with E-state index >= 15 is 0 Å². The van der Waals surface area contributed by atoms with Crippen molar-refractivity contribution in [3.63, 3.8) is 0 Å². The molecule has 1 saturated carbocycles. The van der Waals surface area contributed by atoms with Crippen LogP contribution in [0.2, 0.25) is 0 Å². The molecule has 0 amide bonds. The van der Waals surface area contributed by atoms with Gasteiger partial charge >= 0.3 is 6.18 Å². The molecule has 0 bridgehead atoms. The first-order valence-corrected chi connectivity index (χ1v) is 5.37. The Morgan fingerprint density at radius 1 is 1.29 bits per heavy atom. The van der Waals surface area contributed by atoms with Crippen molar-refractivity contribution in [1.29, 1.82) is 0 Å². The van der Waals surface area contributed by atoms with Crippen LogP contribution in [-0.4, -0.2) is 10.2 Å². The zero-order valence-corrected chi connectivity index (χ0v) is 9.20. The maximum absolute atomic E-state index is 13.3. The van der Waals surface area contributed by atoms with E-state index in [4.69, 9.17) is 0 Å². The van der Waals surface area contributed by atoms with Crippen molar-refractivity contribution in [2.24, 2.45) is 5.92 Å². The van der Waals surface area contributed by atoms with Gasteiger partial charge in [-0.05, 0) is 12.3 Å².